The Kier molecular flexibility index (Phi) is 4.10. The quantitative estimate of drug-likeness (QED) is 0.788. The summed E-state index contributed by atoms with van der Waals surface area (Å²) in [5.74, 6) is 2.54. The van der Waals surface area contributed by atoms with Crippen LogP contribution in [0.25, 0.3) is 0 Å². The van der Waals surface area contributed by atoms with Crippen molar-refractivity contribution in [2.75, 3.05) is 19.0 Å². The summed E-state index contributed by atoms with van der Waals surface area (Å²) < 4.78 is 11.0. The van der Waals surface area contributed by atoms with Crippen LogP contribution in [0.5, 0.6) is 11.5 Å². The standard InChI is InChI=1S/C13H17BrO2/c1-15-11-4-5-13-12(9-11)10(6-7-14)3-2-8-16-13/h4-5,9-10H,2-3,6-8H2,1H3. The van der Waals surface area contributed by atoms with Gasteiger partial charge in [0.1, 0.15) is 11.5 Å². The summed E-state index contributed by atoms with van der Waals surface area (Å²) >= 11 is 3.53. The van der Waals surface area contributed by atoms with E-state index in [1.54, 1.807) is 7.11 Å². The molecule has 0 aliphatic carbocycles. The molecule has 0 bridgehead atoms. The van der Waals surface area contributed by atoms with Crippen molar-refractivity contribution in [1.29, 1.82) is 0 Å². The van der Waals surface area contributed by atoms with E-state index in [0.29, 0.717) is 5.92 Å². The van der Waals surface area contributed by atoms with Gasteiger partial charge in [-0.1, -0.05) is 15.9 Å². The second kappa shape index (κ2) is 5.58. The average molecular weight is 285 g/mol. The number of hydrogen-bond acceptors (Lipinski definition) is 2. The van der Waals surface area contributed by atoms with Crippen LogP contribution in [-0.2, 0) is 0 Å². The molecule has 1 unspecified atom stereocenters. The molecular formula is C13H17BrO2. The molecule has 0 N–H and O–H groups in total. The van der Waals surface area contributed by atoms with E-state index < -0.39 is 0 Å². The summed E-state index contributed by atoms with van der Waals surface area (Å²) in [6, 6.07) is 6.12. The maximum atomic E-state index is 5.75. The molecule has 1 aromatic rings. The predicted octanol–water partition coefficient (Wildman–Crippen LogP) is 3.74. The molecule has 0 radical (unpaired) electrons. The van der Waals surface area contributed by atoms with Gasteiger partial charge in [-0.15, -0.1) is 0 Å². The average Bonchev–Trinajstić information content (AvgIpc) is 2.52. The highest BCUT2D eigenvalue weighted by atomic mass is 79.9. The predicted molar refractivity (Wildman–Crippen MR) is 68.9 cm³/mol. The molecule has 1 aromatic carbocycles. The van der Waals surface area contributed by atoms with Gasteiger partial charge in [0.2, 0.25) is 0 Å². The molecule has 88 valence electrons. The molecule has 0 amide bonds. The number of halogens is 1. The van der Waals surface area contributed by atoms with E-state index in [-0.39, 0.29) is 0 Å². The minimum atomic E-state index is 0.590. The van der Waals surface area contributed by atoms with Crippen LogP contribution in [0.3, 0.4) is 0 Å². The summed E-state index contributed by atoms with van der Waals surface area (Å²) in [6.07, 6.45) is 3.49. The molecule has 1 atom stereocenters. The maximum Gasteiger partial charge on any atom is 0.123 e. The second-order valence-electron chi connectivity index (χ2n) is 4.07. The molecule has 2 nitrogen and oxygen atoms in total. The summed E-state index contributed by atoms with van der Waals surface area (Å²) in [5.41, 5.74) is 1.30. The molecule has 0 saturated carbocycles. The topological polar surface area (TPSA) is 18.5 Å². The summed E-state index contributed by atoms with van der Waals surface area (Å²) in [7, 11) is 1.71. The van der Waals surface area contributed by atoms with Crippen LogP contribution in [0.4, 0.5) is 0 Å². The van der Waals surface area contributed by atoms with Crippen LogP contribution in [0.1, 0.15) is 30.7 Å². The Morgan fingerprint density at radius 2 is 2.38 bits per heavy atom. The zero-order valence-corrected chi connectivity index (χ0v) is 11.1. The van der Waals surface area contributed by atoms with Crippen molar-refractivity contribution < 1.29 is 9.47 Å². The van der Waals surface area contributed by atoms with E-state index in [0.717, 1.165) is 36.3 Å². The fraction of sp³-hybridized carbons (Fsp3) is 0.538. The highest BCUT2D eigenvalue weighted by Crippen LogP contribution is 2.37. The maximum absolute atomic E-state index is 5.75. The molecule has 3 heteroatoms. The summed E-state index contributed by atoms with van der Waals surface area (Å²) in [5, 5.41) is 1.04. The fourth-order valence-electron chi connectivity index (χ4n) is 2.20. The van der Waals surface area contributed by atoms with Gasteiger partial charge in [0.25, 0.3) is 0 Å². The van der Waals surface area contributed by atoms with Crippen LogP contribution < -0.4 is 9.47 Å². The van der Waals surface area contributed by atoms with E-state index in [4.69, 9.17) is 9.47 Å². The third kappa shape index (κ3) is 2.51. The van der Waals surface area contributed by atoms with Crippen LogP contribution in [0.2, 0.25) is 0 Å². The van der Waals surface area contributed by atoms with Gasteiger partial charge in [-0.2, -0.15) is 0 Å². The Hall–Kier alpha value is -0.700. The Morgan fingerprint density at radius 1 is 1.50 bits per heavy atom. The molecule has 0 aromatic heterocycles. The third-order valence-electron chi connectivity index (χ3n) is 3.07. The van der Waals surface area contributed by atoms with E-state index >= 15 is 0 Å². The van der Waals surface area contributed by atoms with Gasteiger partial charge >= 0.3 is 0 Å². The number of hydrogen-bond donors (Lipinski definition) is 0. The lowest BCUT2D eigenvalue weighted by molar-refractivity contribution is 0.315. The van der Waals surface area contributed by atoms with Crippen LogP contribution in [0, 0.1) is 0 Å². The molecule has 16 heavy (non-hydrogen) atoms. The van der Waals surface area contributed by atoms with Gasteiger partial charge in [0, 0.05) is 10.9 Å². The zero-order valence-electron chi connectivity index (χ0n) is 9.54. The molecular weight excluding hydrogens is 268 g/mol. The Labute approximate surface area is 105 Å². The number of ether oxygens (including phenoxy) is 2. The minimum Gasteiger partial charge on any atom is -0.497 e. The van der Waals surface area contributed by atoms with Crippen LogP contribution >= 0.6 is 15.9 Å². The van der Waals surface area contributed by atoms with Crippen molar-refractivity contribution in [3.63, 3.8) is 0 Å². The Bertz CT molecular complexity index is 352. The van der Waals surface area contributed by atoms with Crippen LogP contribution in [0.15, 0.2) is 18.2 Å². The summed E-state index contributed by atoms with van der Waals surface area (Å²) in [6.45, 7) is 0.831. The first-order valence-corrected chi connectivity index (χ1v) is 6.84. The molecule has 0 fully saturated rings. The Balaban J connectivity index is 2.33. The van der Waals surface area contributed by atoms with E-state index in [1.165, 1.54) is 12.0 Å². The number of alkyl halides is 1. The van der Waals surface area contributed by atoms with Crippen molar-refractivity contribution >= 4 is 15.9 Å². The van der Waals surface area contributed by atoms with Crippen molar-refractivity contribution in [3.8, 4) is 11.5 Å². The van der Waals surface area contributed by atoms with Gasteiger partial charge in [-0.3, -0.25) is 0 Å². The number of methoxy groups -OCH3 is 1. The van der Waals surface area contributed by atoms with E-state index in [9.17, 15) is 0 Å². The third-order valence-corrected chi connectivity index (χ3v) is 3.53. The van der Waals surface area contributed by atoms with Crippen molar-refractivity contribution in [1.82, 2.24) is 0 Å². The van der Waals surface area contributed by atoms with Gasteiger partial charge in [-0.05, 0) is 43.4 Å². The van der Waals surface area contributed by atoms with E-state index in [1.807, 2.05) is 12.1 Å². The minimum absolute atomic E-state index is 0.590. The Morgan fingerprint density at radius 3 is 3.12 bits per heavy atom. The number of fused-ring (bicyclic) bond motifs is 1. The van der Waals surface area contributed by atoms with Crippen molar-refractivity contribution in [2.45, 2.75) is 25.2 Å². The largest absolute Gasteiger partial charge is 0.497 e. The molecule has 0 spiro atoms. The number of benzene rings is 1. The van der Waals surface area contributed by atoms with E-state index in [2.05, 4.69) is 22.0 Å². The second-order valence-corrected chi connectivity index (χ2v) is 4.86. The lowest BCUT2D eigenvalue weighted by Gasteiger charge is -2.16. The molecule has 1 aliphatic heterocycles. The fourth-order valence-corrected chi connectivity index (χ4v) is 2.76. The van der Waals surface area contributed by atoms with Crippen molar-refractivity contribution in [3.05, 3.63) is 23.8 Å². The molecule has 0 saturated heterocycles. The van der Waals surface area contributed by atoms with Gasteiger partial charge in [-0.25, -0.2) is 0 Å². The lowest BCUT2D eigenvalue weighted by atomic mass is 9.92. The monoisotopic (exact) mass is 284 g/mol. The first-order valence-electron chi connectivity index (χ1n) is 5.72. The van der Waals surface area contributed by atoms with Crippen LogP contribution in [-0.4, -0.2) is 19.0 Å². The highest BCUT2D eigenvalue weighted by molar-refractivity contribution is 9.09. The molecule has 2 rings (SSSR count). The summed E-state index contributed by atoms with van der Waals surface area (Å²) in [4.78, 5) is 0. The van der Waals surface area contributed by atoms with Gasteiger partial charge in [0.15, 0.2) is 0 Å². The van der Waals surface area contributed by atoms with Gasteiger partial charge < -0.3 is 9.47 Å². The van der Waals surface area contributed by atoms with Gasteiger partial charge in [0.05, 0.1) is 13.7 Å². The lowest BCUT2D eigenvalue weighted by Crippen LogP contribution is -1.99. The molecule has 1 heterocycles. The number of rotatable bonds is 3. The first-order chi connectivity index (χ1) is 7.85. The highest BCUT2D eigenvalue weighted by Gasteiger charge is 2.19. The first kappa shape index (κ1) is 11.8. The molecule has 1 aliphatic rings. The normalized spacial score (nSPS) is 19.5. The smallest absolute Gasteiger partial charge is 0.123 e. The SMILES string of the molecule is COc1ccc2c(c1)C(CCBr)CCCO2. The zero-order chi connectivity index (χ0) is 11.4. The van der Waals surface area contributed by atoms with Crippen molar-refractivity contribution in [2.24, 2.45) is 0 Å².